The summed E-state index contributed by atoms with van der Waals surface area (Å²) in [7, 11) is 0. The van der Waals surface area contributed by atoms with Gasteiger partial charge in [0.05, 0.1) is 12.0 Å². The van der Waals surface area contributed by atoms with E-state index in [1.165, 1.54) is 0 Å². The van der Waals surface area contributed by atoms with Gasteiger partial charge < -0.3 is 5.26 Å². The number of carbonyl (C=O) groups excluding carboxylic acids is 1. The Balaban J connectivity index is 0.00000256. The molecule has 0 aliphatic carbocycles. The molecule has 1 aromatic carbocycles. The molecule has 0 N–H and O–H groups in total. The van der Waals surface area contributed by atoms with Crippen LogP contribution in [-0.2, 0) is 9.37 Å². The van der Waals surface area contributed by atoms with Crippen molar-refractivity contribution in [2.45, 2.75) is 18.2 Å². The molecule has 0 aliphatic heterocycles. The number of rotatable bonds is 6. The number of Topliss-reactive ketones (excluding diaryl/α,β-unsaturated/α-hetero) is 1. The van der Waals surface area contributed by atoms with Gasteiger partial charge in [0.25, 0.3) is 0 Å². The summed E-state index contributed by atoms with van der Waals surface area (Å²) in [5, 5.41) is 12.9. The molecule has 0 radical (unpaired) electrons. The van der Waals surface area contributed by atoms with Crippen LogP contribution in [0.25, 0.3) is 0 Å². The van der Waals surface area contributed by atoms with Gasteiger partial charge in [-0.3, -0.25) is 9.83 Å². The van der Waals surface area contributed by atoms with Gasteiger partial charge in [0, 0.05) is 21.3 Å². The molecule has 0 unspecified atom stereocenters. The zero-order valence-corrected chi connectivity index (χ0v) is 14.5. The van der Waals surface area contributed by atoms with E-state index in [1.54, 1.807) is 18.2 Å². The molecular weight excluding hydrogens is 366 g/mol. The van der Waals surface area contributed by atoms with Gasteiger partial charge in [-0.15, -0.1) is 0 Å². The van der Waals surface area contributed by atoms with Crippen molar-refractivity contribution in [1.82, 2.24) is 0 Å². The summed E-state index contributed by atoms with van der Waals surface area (Å²) < 4.78 is 5.00. The number of ketones is 1. The van der Waals surface area contributed by atoms with Crippen LogP contribution in [0.4, 0.5) is 0 Å². The van der Waals surface area contributed by atoms with Crippen LogP contribution in [0.1, 0.15) is 22.3 Å². The zero-order chi connectivity index (χ0) is 12.0. The third kappa shape index (κ3) is 6.02. The second-order valence-electron chi connectivity index (χ2n) is 3.06. The number of aryl methyl sites for hydroxylation is 1. The molecule has 7 heteroatoms. The number of hydrogen-bond donors (Lipinski definition) is 0. The molecule has 88 valence electrons. The maximum atomic E-state index is 11.7. The summed E-state index contributed by atoms with van der Waals surface area (Å²) in [6.45, 7) is 1.85. The molecule has 0 atom stereocenters. The third-order valence-corrected chi connectivity index (χ3v) is 3.09. The molecule has 0 heterocycles. The molecule has 0 fully saturated rings. The van der Waals surface area contributed by atoms with Crippen LogP contribution in [0.2, 0.25) is 0 Å². The van der Waals surface area contributed by atoms with Crippen molar-refractivity contribution in [3.05, 3.63) is 29.3 Å². The Morgan fingerprint density at radius 2 is 2.24 bits per heavy atom. The second kappa shape index (κ2) is 9.74. The van der Waals surface area contributed by atoms with E-state index in [0.717, 1.165) is 26.9 Å². The Hall–Kier alpha value is 0.850. The van der Waals surface area contributed by atoms with Crippen LogP contribution in [0, 0.1) is 6.92 Å². The number of hydrogen-bond acceptors (Lipinski definition) is 5. The van der Waals surface area contributed by atoms with Crippen LogP contribution in [0.5, 0.6) is 0 Å². The number of alkyl halides is 1. The maximum Gasteiger partial charge on any atom is 1.00 e. The van der Waals surface area contributed by atoms with Crippen molar-refractivity contribution < 1.29 is 49.0 Å². The van der Waals surface area contributed by atoms with E-state index in [-0.39, 0.29) is 35.3 Å². The number of carbonyl (C=O) groups is 1. The summed E-state index contributed by atoms with van der Waals surface area (Å²) in [5.74, 6) is 0.129. The predicted octanol–water partition coefficient (Wildman–Crippen LogP) is -0.763. The summed E-state index contributed by atoms with van der Waals surface area (Å²) in [6, 6.07) is 5.24. The summed E-state index contributed by atoms with van der Waals surface area (Å²) in [6.07, 6.45) is 0.536. The van der Waals surface area contributed by atoms with E-state index < -0.39 is 0 Å². The molecule has 0 saturated carbocycles. The zero-order valence-electron chi connectivity index (χ0n) is 9.57. The van der Waals surface area contributed by atoms with Crippen molar-refractivity contribution in [2.75, 3.05) is 4.43 Å². The van der Waals surface area contributed by atoms with E-state index in [0.29, 0.717) is 12.0 Å². The monoisotopic (exact) mass is 376 g/mol. The summed E-state index contributed by atoms with van der Waals surface area (Å²) in [4.78, 5) is 12.4. The van der Waals surface area contributed by atoms with Crippen molar-refractivity contribution in [3.8, 4) is 0 Å². The maximum absolute atomic E-state index is 11.7. The number of benzene rings is 1. The first-order valence-corrected chi connectivity index (χ1v) is 6.78. The van der Waals surface area contributed by atoms with Gasteiger partial charge in [0.15, 0.2) is 5.78 Å². The fourth-order valence-electron chi connectivity index (χ4n) is 1.27. The Kier molecular flexibility index (Phi) is 10.2. The fraction of sp³-hybridized carbons (Fsp3) is 0.300. The van der Waals surface area contributed by atoms with Gasteiger partial charge in [-0.05, 0) is 30.7 Å². The molecule has 17 heavy (non-hydrogen) atoms. The fourth-order valence-corrected chi connectivity index (χ4v) is 2.22. The average Bonchev–Trinajstić information content (AvgIpc) is 2.26. The van der Waals surface area contributed by atoms with Crippen molar-refractivity contribution in [3.63, 3.8) is 0 Å². The van der Waals surface area contributed by atoms with Crippen molar-refractivity contribution in [1.29, 1.82) is 0 Å². The molecule has 1 rings (SSSR count). The van der Waals surface area contributed by atoms with Gasteiger partial charge in [0.1, 0.15) is 0 Å². The van der Waals surface area contributed by atoms with Crippen molar-refractivity contribution in [2.24, 2.45) is 0 Å². The second-order valence-corrected chi connectivity index (χ2v) is 4.91. The molecule has 0 spiro atoms. The molecule has 0 bridgehead atoms. The van der Waals surface area contributed by atoms with Crippen molar-refractivity contribution >= 4 is 40.4 Å². The van der Waals surface area contributed by atoms with Gasteiger partial charge in [-0.25, -0.2) is 0 Å². The van der Waals surface area contributed by atoms with Gasteiger partial charge in [-0.2, -0.15) is 4.33 Å². The molecule has 4 nitrogen and oxygen atoms in total. The van der Waals surface area contributed by atoms with E-state index in [2.05, 4.69) is 32.0 Å². The topological polar surface area (TPSA) is 58.6 Å². The van der Waals surface area contributed by atoms with E-state index >= 15 is 0 Å². The molecule has 0 aliphatic rings. The summed E-state index contributed by atoms with van der Waals surface area (Å²) >= 11 is 2.99. The molecule has 0 aromatic heterocycles. The molecule has 0 saturated heterocycles. The minimum absolute atomic E-state index is 0. The van der Waals surface area contributed by atoms with Crippen LogP contribution in [0.15, 0.2) is 23.1 Å². The minimum atomic E-state index is 0. The Morgan fingerprint density at radius 1 is 1.53 bits per heavy atom. The molecular formula is C10H10INaO4S. The molecule has 0 amide bonds. The quantitative estimate of drug-likeness (QED) is 0.124. The van der Waals surface area contributed by atoms with Gasteiger partial charge in [0.2, 0.25) is 0 Å². The number of halogens is 1. The SMILES string of the molecule is Cc1cc(SOO[O-])ccc1C(=O)CCI.[Na+]. The normalized spacial score (nSPS) is 9.82. The standard InChI is InChI=1S/C10H11IO4S.Na/c1-7-6-8(16-15-14-13)2-3-9(7)10(12)4-5-11;/h2-3,6,13H,4-5H2,1H3;/q;+1/p-1. The van der Waals surface area contributed by atoms with Crippen LogP contribution < -0.4 is 34.8 Å². The minimum Gasteiger partial charge on any atom is -0.691 e. The largest absolute Gasteiger partial charge is 1.00 e. The van der Waals surface area contributed by atoms with Crippen LogP contribution >= 0.6 is 34.6 Å². The van der Waals surface area contributed by atoms with Gasteiger partial charge in [-0.1, -0.05) is 22.6 Å². The first-order chi connectivity index (χ1) is 7.69. The van der Waals surface area contributed by atoms with Crippen LogP contribution in [0.3, 0.4) is 0 Å². The summed E-state index contributed by atoms with van der Waals surface area (Å²) in [5.41, 5.74) is 1.58. The first kappa shape index (κ1) is 17.8. The Morgan fingerprint density at radius 3 is 2.76 bits per heavy atom. The smallest absolute Gasteiger partial charge is 0.691 e. The predicted molar refractivity (Wildman–Crippen MR) is 67.0 cm³/mol. The van der Waals surface area contributed by atoms with Crippen LogP contribution in [-0.4, -0.2) is 10.2 Å². The first-order valence-electron chi connectivity index (χ1n) is 4.52. The van der Waals surface area contributed by atoms with Gasteiger partial charge >= 0.3 is 29.6 Å². The molecule has 1 aromatic rings. The van der Waals surface area contributed by atoms with E-state index in [1.807, 2.05) is 6.92 Å². The van der Waals surface area contributed by atoms with E-state index in [9.17, 15) is 10.1 Å². The Bertz CT molecular complexity index is 375. The van der Waals surface area contributed by atoms with E-state index in [4.69, 9.17) is 0 Å². The average molecular weight is 376 g/mol. The third-order valence-electron chi connectivity index (χ3n) is 1.98. The Labute approximate surface area is 140 Å².